The third kappa shape index (κ3) is 3.85. The first-order chi connectivity index (χ1) is 15.1. The van der Waals surface area contributed by atoms with Gasteiger partial charge in [0.1, 0.15) is 11.5 Å². The molecule has 3 fully saturated rings. The summed E-state index contributed by atoms with van der Waals surface area (Å²) < 4.78 is 0. The fourth-order valence-electron chi connectivity index (χ4n) is 4.72. The molecule has 2 aliphatic heterocycles. The third-order valence-corrected chi connectivity index (χ3v) is 6.20. The lowest BCUT2D eigenvalue weighted by Crippen LogP contribution is -2.59. The van der Waals surface area contributed by atoms with Gasteiger partial charge >= 0.3 is 0 Å². The van der Waals surface area contributed by atoms with Gasteiger partial charge < -0.3 is 10.2 Å². The van der Waals surface area contributed by atoms with Gasteiger partial charge in [0.2, 0.25) is 0 Å². The smallest absolute Gasteiger partial charge is 0.256 e. The number of amides is 1. The number of piperidine rings is 2. The number of aromatic nitrogens is 5. The van der Waals surface area contributed by atoms with Gasteiger partial charge in [0.05, 0.1) is 29.7 Å². The first-order valence-electron chi connectivity index (χ1n) is 10.7. The second-order valence-electron chi connectivity index (χ2n) is 8.42. The zero-order valence-electron chi connectivity index (χ0n) is 17.7. The number of hydrogen-bond donors (Lipinski definition) is 1. The minimum absolute atomic E-state index is 0.00820. The minimum Gasteiger partial charge on any atom is -0.364 e. The zero-order chi connectivity index (χ0) is 21.4. The van der Waals surface area contributed by atoms with Crippen LogP contribution in [0.5, 0.6) is 0 Å². The lowest BCUT2D eigenvalue weighted by molar-refractivity contribution is 0.0282. The second-order valence-corrected chi connectivity index (χ2v) is 8.42. The molecule has 5 heterocycles. The van der Waals surface area contributed by atoms with Crippen molar-refractivity contribution in [3.05, 3.63) is 59.9 Å². The number of pyridine rings is 1. The molecule has 1 aliphatic carbocycles. The van der Waals surface area contributed by atoms with Gasteiger partial charge in [-0.2, -0.15) is 0 Å². The second kappa shape index (κ2) is 8.02. The van der Waals surface area contributed by atoms with Crippen LogP contribution < -0.4 is 5.32 Å². The number of anilines is 1. The van der Waals surface area contributed by atoms with Gasteiger partial charge in [-0.3, -0.25) is 9.78 Å². The van der Waals surface area contributed by atoms with E-state index in [0.29, 0.717) is 23.0 Å². The number of nitrogens with one attached hydrogen (secondary N) is 1. The molecule has 3 unspecified atom stereocenters. The van der Waals surface area contributed by atoms with Crippen molar-refractivity contribution in [1.29, 1.82) is 0 Å². The summed E-state index contributed by atoms with van der Waals surface area (Å²) in [4.78, 5) is 37.8. The van der Waals surface area contributed by atoms with E-state index < -0.39 is 0 Å². The summed E-state index contributed by atoms with van der Waals surface area (Å²) in [7, 11) is 0. The Balaban J connectivity index is 1.44. The normalized spacial score (nSPS) is 22.4. The molecular formula is C23H25N7O. The molecule has 31 heavy (non-hydrogen) atoms. The van der Waals surface area contributed by atoms with Crippen LogP contribution in [0, 0.1) is 19.8 Å². The van der Waals surface area contributed by atoms with Gasteiger partial charge in [0, 0.05) is 30.7 Å². The average Bonchev–Trinajstić information content (AvgIpc) is 2.81. The van der Waals surface area contributed by atoms with E-state index in [-0.39, 0.29) is 18.0 Å². The van der Waals surface area contributed by atoms with Crippen LogP contribution in [0.1, 0.15) is 41.0 Å². The Morgan fingerprint density at radius 1 is 1.03 bits per heavy atom. The number of aryl methyl sites for hydroxylation is 2. The predicted molar refractivity (Wildman–Crippen MR) is 116 cm³/mol. The van der Waals surface area contributed by atoms with Crippen molar-refractivity contribution in [2.45, 2.75) is 45.2 Å². The Morgan fingerprint density at radius 2 is 1.87 bits per heavy atom. The lowest BCUT2D eigenvalue weighted by Gasteiger charge is -2.50. The maximum absolute atomic E-state index is 13.7. The summed E-state index contributed by atoms with van der Waals surface area (Å²) in [5.41, 5.74) is 2.81. The first-order valence-corrected chi connectivity index (χ1v) is 10.7. The molecule has 6 rings (SSSR count). The molecule has 0 radical (unpaired) electrons. The molecule has 1 N–H and O–H groups in total. The molecule has 1 saturated carbocycles. The zero-order valence-corrected chi connectivity index (χ0v) is 17.7. The van der Waals surface area contributed by atoms with Gasteiger partial charge in [-0.15, -0.1) is 0 Å². The SMILES string of the molecule is Cc1cnc(NC2CC3CCC2N(C(=O)c2ccc(C)nc2-c2ncccn2)C3)cn1. The van der Waals surface area contributed by atoms with E-state index in [1.807, 2.05) is 30.9 Å². The van der Waals surface area contributed by atoms with E-state index in [9.17, 15) is 4.79 Å². The standard InChI is InChI=1S/C23H25N7O/c1-14-4-6-17(21(28-14)22-24-8-3-9-25-22)23(31)30-13-16-5-7-19(30)18(10-16)29-20-12-26-15(2)11-27-20/h3-4,6,8-9,11-12,16,18-19H,5,7,10,13H2,1-2H3,(H,27,29). The summed E-state index contributed by atoms with van der Waals surface area (Å²) in [6, 6.07) is 5.75. The number of carbonyl (C=O) groups is 1. The number of rotatable bonds is 4. The Bertz CT molecular complexity index is 1090. The van der Waals surface area contributed by atoms with Crippen LogP contribution in [0.25, 0.3) is 11.5 Å². The summed E-state index contributed by atoms with van der Waals surface area (Å²) in [6.45, 7) is 4.60. The van der Waals surface area contributed by atoms with Crippen LogP contribution >= 0.6 is 0 Å². The van der Waals surface area contributed by atoms with E-state index in [4.69, 9.17) is 0 Å². The van der Waals surface area contributed by atoms with Crippen molar-refractivity contribution >= 4 is 11.7 Å². The largest absolute Gasteiger partial charge is 0.364 e. The first kappa shape index (κ1) is 19.5. The van der Waals surface area contributed by atoms with E-state index in [1.165, 1.54) is 0 Å². The maximum Gasteiger partial charge on any atom is 0.256 e. The Kier molecular flexibility index (Phi) is 5.05. The molecule has 0 spiro atoms. The molecule has 0 aromatic carbocycles. The lowest BCUT2D eigenvalue weighted by atomic mass is 9.76. The van der Waals surface area contributed by atoms with Gasteiger partial charge in [-0.1, -0.05) is 0 Å². The average molecular weight is 416 g/mol. The molecule has 8 nitrogen and oxygen atoms in total. The topological polar surface area (TPSA) is 96.8 Å². The molecule has 158 valence electrons. The fourth-order valence-corrected chi connectivity index (χ4v) is 4.72. The molecule has 3 aliphatic rings. The number of nitrogens with zero attached hydrogens (tertiary/aromatic N) is 6. The van der Waals surface area contributed by atoms with Crippen molar-refractivity contribution in [2.24, 2.45) is 5.92 Å². The van der Waals surface area contributed by atoms with E-state index in [1.54, 1.807) is 30.9 Å². The molecule has 2 saturated heterocycles. The highest BCUT2D eigenvalue weighted by molar-refractivity contribution is 5.99. The van der Waals surface area contributed by atoms with Crippen molar-refractivity contribution < 1.29 is 4.79 Å². The third-order valence-electron chi connectivity index (χ3n) is 6.20. The Labute approximate surface area is 181 Å². The molecule has 3 aromatic rings. The van der Waals surface area contributed by atoms with Crippen LogP contribution in [-0.2, 0) is 0 Å². The predicted octanol–water partition coefficient (Wildman–Crippen LogP) is 3.05. The summed E-state index contributed by atoms with van der Waals surface area (Å²) in [6.07, 6.45) is 10.0. The summed E-state index contributed by atoms with van der Waals surface area (Å²) in [5.74, 6) is 1.69. The monoisotopic (exact) mass is 415 g/mol. The van der Waals surface area contributed by atoms with Crippen LogP contribution in [0.3, 0.4) is 0 Å². The van der Waals surface area contributed by atoms with Crippen molar-refractivity contribution in [3.8, 4) is 11.5 Å². The quantitative estimate of drug-likeness (QED) is 0.699. The Morgan fingerprint density at radius 3 is 2.61 bits per heavy atom. The van der Waals surface area contributed by atoms with Crippen LogP contribution in [0.4, 0.5) is 5.82 Å². The molecule has 8 heteroatoms. The number of carbonyl (C=O) groups excluding carboxylic acids is 1. The van der Waals surface area contributed by atoms with E-state index in [2.05, 4.69) is 30.2 Å². The molecule has 3 atom stereocenters. The van der Waals surface area contributed by atoms with Gasteiger partial charge in [0.15, 0.2) is 5.82 Å². The molecule has 2 bridgehead atoms. The number of hydrogen-bond acceptors (Lipinski definition) is 7. The van der Waals surface area contributed by atoms with Crippen LogP contribution in [-0.4, -0.2) is 54.4 Å². The fraction of sp³-hybridized carbons (Fsp3) is 0.391. The molecular weight excluding hydrogens is 390 g/mol. The van der Waals surface area contributed by atoms with E-state index in [0.717, 1.165) is 43.0 Å². The van der Waals surface area contributed by atoms with Crippen LogP contribution in [0.15, 0.2) is 43.0 Å². The molecule has 1 amide bonds. The van der Waals surface area contributed by atoms with E-state index >= 15 is 0 Å². The Hall–Kier alpha value is -3.42. The van der Waals surface area contributed by atoms with Gasteiger partial charge in [-0.05, 0) is 57.2 Å². The van der Waals surface area contributed by atoms with Crippen molar-refractivity contribution in [3.63, 3.8) is 0 Å². The molecule has 3 aromatic heterocycles. The number of fused-ring (bicyclic) bond motifs is 3. The summed E-state index contributed by atoms with van der Waals surface area (Å²) in [5, 5.41) is 3.52. The van der Waals surface area contributed by atoms with Crippen LogP contribution in [0.2, 0.25) is 0 Å². The van der Waals surface area contributed by atoms with Crippen molar-refractivity contribution in [1.82, 2.24) is 29.8 Å². The summed E-state index contributed by atoms with van der Waals surface area (Å²) >= 11 is 0. The highest BCUT2D eigenvalue weighted by Crippen LogP contribution is 2.38. The highest BCUT2D eigenvalue weighted by atomic mass is 16.2. The maximum atomic E-state index is 13.7. The highest BCUT2D eigenvalue weighted by Gasteiger charge is 2.43. The van der Waals surface area contributed by atoms with Gasteiger partial charge in [0.25, 0.3) is 5.91 Å². The minimum atomic E-state index is -0.00820. The van der Waals surface area contributed by atoms with Gasteiger partial charge in [-0.25, -0.2) is 19.9 Å². The van der Waals surface area contributed by atoms with Crippen molar-refractivity contribution in [2.75, 3.05) is 11.9 Å².